The minimum Gasteiger partial charge on any atom is -0.395 e. The summed E-state index contributed by atoms with van der Waals surface area (Å²) in [6.45, 7) is 0.109. The molecule has 2 aromatic rings. The molecule has 0 bridgehead atoms. The van der Waals surface area contributed by atoms with Crippen LogP contribution in [0.1, 0.15) is 35.7 Å². The van der Waals surface area contributed by atoms with Crippen LogP contribution in [-0.4, -0.2) is 31.9 Å². The predicted molar refractivity (Wildman–Crippen MR) is 78.5 cm³/mol. The molecule has 0 saturated heterocycles. The van der Waals surface area contributed by atoms with E-state index < -0.39 is 0 Å². The maximum Gasteiger partial charge on any atom is 0.209 e. The van der Waals surface area contributed by atoms with Gasteiger partial charge in [-0.3, -0.25) is 0 Å². The van der Waals surface area contributed by atoms with Crippen LogP contribution in [0.5, 0.6) is 0 Å². The number of thiophene rings is 1. The molecule has 1 aliphatic rings. The normalized spacial score (nSPS) is 14.1. The van der Waals surface area contributed by atoms with Crippen molar-refractivity contribution in [2.24, 2.45) is 0 Å². The lowest BCUT2D eigenvalue weighted by atomic mass is 10.2. The molecule has 7 heteroatoms. The van der Waals surface area contributed by atoms with Crippen LogP contribution in [0.2, 0.25) is 0 Å². The minimum absolute atomic E-state index is 0.109. The van der Waals surface area contributed by atoms with Crippen molar-refractivity contribution in [2.75, 3.05) is 6.61 Å². The van der Waals surface area contributed by atoms with Gasteiger partial charge in [-0.25, -0.2) is 4.68 Å². The standard InChI is InChI=1S/C13H14N4OS2/c18-7-2-1-3-10-6-8-19-12(10)9-20-13-14-15-16-17(13)11-4-5-11/h6,8,11,18H,2,4-5,7,9H2. The molecule has 1 aliphatic carbocycles. The number of aliphatic hydroxyl groups excluding tert-OH is 1. The predicted octanol–water partition coefficient (Wildman–Crippen LogP) is 2.10. The third kappa shape index (κ3) is 3.20. The molecule has 0 radical (unpaired) electrons. The highest BCUT2D eigenvalue weighted by Gasteiger charge is 2.27. The minimum atomic E-state index is 0.109. The van der Waals surface area contributed by atoms with Crippen molar-refractivity contribution in [2.45, 2.75) is 36.2 Å². The van der Waals surface area contributed by atoms with Gasteiger partial charge in [0.15, 0.2) is 0 Å². The summed E-state index contributed by atoms with van der Waals surface area (Å²) in [5, 5.41) is 23.6. The van der Waals surface area contributed by atoms with E-state index in [4.69, 9.17) is 5.11 Å². The number of thioether (sulfide) groups is 1. The Balaban J connectivity index is 1.65. The van der Waals surface area contributed by atoms with Crippen LogP contribution in [-0.2, 0) is 5.75 Å². The fraction of sp³-hybridized carbons (Fsp3) is 0.462. The van der Waals surface area contributed by atoms with Crippen molar-refractivity contribution in [3.63, 3.8) is 0 Å². The average Bonchev–Trinajstić information content (AvgIpc) is 3.02. The summed E-state index contributed by atoms with van der Waals surface area (Å²) in [7, 11) is 0. The van der Waals surface area contributed by atoms with Crippen molar-refractivity contribution in [1.82, 2.24) is 20.2 Å². The highest BCUT2D eigenvalue weighted by Crippen LogP contribution is 2.37. The second-order valence-corrected chi connectivity index (χ2v) is 6.40. The Bertz CT molecular complexity index is 636. The van der Waals surface area contributed by atoms with Crippen LogP contribution in [0.3, 0.4) is 0 Å². The molecule has 5 nitrogen and oxygen atoms in total. The second-order valence-electron chi connectivity index (χ2n) is 4.46. The SMILES string of the molecule is OCCC#Cc1ccsc1CSc1nnnn1C1CC1. The third-order valence-electron chi connectivity index (χ3n) is 2.89. The number of aromatic nitrogens is 4. The van der Waals surface area contributed by atoms with Crippen molar-refractivity contribution in [3.05, 3.63) is 21.9 Å². The number of tetrazole rings is 1. The summed E-state index contributed by atoms with van der Waals surface area (Å²) in [5.74, 6) is 6.89. The lowest BCUT2D eigenvalue weighted by Crippen LogP contribution is -1.98. The molecule has 20 heavy (non-hydrogen) atoms. The molecular formula is C13H14N4OS2. The second kappa shape index (κ2) is 6.39. The number of nitrogens with zero attached hydrogens (tertiary/aromatic N) is 4. The van der Waals surface area contributed by atoms with Crippen LogP contribution in [0.25, 0.3) is 0 Å². The fourth-order valence-electron chi connectivity index (χ4n) is 1.74. The van der Waals surface area contributed by atoms with Gasteiger partial charge in [0, 0.05) is 22.6 Å². The molecule has 0 aromatic carbocycles. The van der Waals surface area contributed by atoms with E-state index in [0.717, 1.165) is 16.5 Å². The van der Waals surface area contributed by atoms with Gasteiger partial charge in [0.05, 0.1) is 12.6 Å². The molecule has 104 valence electrons. The molecule has 1 saturated carbocycles. The monoisotopic (exact) mass is 306 g/mol. The van der Waals surface area contributed by atoms with E-state index in [0.29, 0.717) is 12.5 Å². The highest BCUT2D eigenvalue weighted by atomic mass is 32.2. The van der Waals surface area contributed by atoms with Gasteiger partial charge in [0.25, 0.3) is 0 Å². The lowest BCUT2D eigenvalue weighted by Gasteiger charge is -2.01. The Morgan fingerprint density at radius 3 is 3.20 bits per heavy atom. The Kier molecular flexibility index (Phi) is 4.35. The van der Waals surface area contributed by atoms with Crippen LogP contribution in [0.15, 0.2) is 16.6 Å². The first kappa shape index (κ1) is 13.6. The van der Waals surface area contributed by atoms with Gasteiger partial charge in [-0.1, -0.05) is 23.6 Å². The van der Waals surface area contributed by atoms with Gasteiger partial charge in [-0.15, -0.1) is 16.4 Å². The summed E-state index contributed by atoms with van der Waals surface area (Å²) in [6, 6.07) is 2.52. The van der Waals surface area contributed by atoms with Crippen molar-refractivity contribution >= 4 is 23.1 Å². The van der Waals surface area contributed by atoms with Gasteiger partial charge < -0.3 is 5.11 Å². The van der Waals surface area contributed by atoms with Crippen LogP contribution < -0.4 is 0 Å². The average molecular weight is 306 g/mol. The highest BCUT2D eigenvalue weighted by molar-refractivity contribution is 7.98. The van der Waals surface area contributed by atoms with E-state index >= 15 is 0 Å². The van der Waals surface area contributed by atoms with Gasteiger partial charge in [0.2, 0.25) is 5.16 Å². The molecule has 2 heterocycles. The summed E-state index contributed by atoms with van der Waals surface area (Å²) < 4.78 is 1.93. The van der Waals surface area contributed by atoms with Gasteiger partial charge in [-0.2, -0.15) is 0 Å². The fourth-order valence-corrected chi connectivity index (χ4v) is 3.63. The van der Waals surface area contributed by atoms with E-state index in [1.165, 1.54) is 17.7 Å². The molecular weight excluding hydrogens is 292 g/mol. The summed E-state index contributed by atoms with van der Waals surface area (Å²) in [5.41, 5.74) is 1.04. The molecule has 0 unspecified atom stereocenters. The zero-order chi connectivity index (χ0) is 13.8. The molecule has 0 aliphatic heterocycles. The lowest BCUT2D eigenvalue weighted by molar-refractivity contribution is 0.305. The van der Waals surface area contributed by atoms with Gasteiger partial charge in [-0.05, 0) is 34.7 Å². The van der Waals surface area contributed by atoms with Crippen molar-refractivity contribution in [1.29, 1.82) is 0 Å². The van der Waals surface area contributed by atoms with E-state index in [9.17, 15) is 0 Å². The number of rotatable bonds is 5. The Morgan fingerprint density at radius 2 is 2.40 bits per heavy atom. The summed E-state index contributed by atoms with van der Waals surface area (Å²) >= 11 is 3.35. The van der Waals surface area contributed by atoms with Crippen LogP contribution in [0.4, 0.5) is 0 Å². The van der Waals surface area contributed by atoms with Crippen LogP contribution >= 0.6 is 23.1 Å². The summed E-state index contributed by atoms with van der Waals surface area (Å²) in [4.78, 5) is 1.23. The zero-order valence-electron chi connectivity index (χ0n) is 10.8. The van der Waals surface area contributed by atoms with Gasteiger partial charge >= 0.3 is 0 Å². The summed E-state index contributed by atoms with van der Waals surface area (Å²) in [6.07, 6.45) is 2.87. The van der Waals surface area contributed by atoms with Gasteiger partial charge in [0.1, 0.15) is 0 Å². The Morgan fingerprint density at radius 1 is 1.50 bits per heavy atom. The third-order valence-corrected chi connectivity index (χ3v) is 4.96. The molecule has 1 N–H and O–H groups in total. The van der Waals surface area contributed by atoms with E-state index in [1.807, 2.05) is 16.1 Å². The number of hydrogen-bond acceptors (Lipinski definition) is 6. The van der Waals surface area contributed by atoms with Crippen LogP contribution in [0, 0.1) is 11.8 Å². The van der Waals surface area contributed by atoms with Crippen molar-refractivity contribution < 1.29 is 5.11 Å². The number of hydrogen-bond donors (Lipinski definition) is 1. The first-order valence-electron chi connectivity index (χ1n) is 6.45. The molecule has 0 spiro atoms. The molecule has 1 fully saturated rings. The number of aliphatic hydroxyl groups is 1. The van der Waals surface area contributed by atoms with E-state index in [2.05, 4.69) is 27.4 Å². The Labute approximate surface area is 125 Å². The molecule has 3 rings (SSSR count). The zero-order valence-corrected chi connectivity index (χ0v) is 12.5. The quantitative estimate of drug-likeness (QED) is 0.677. The van der Waals surface area contributed by atoms with Crippen molar-refractivity contribution in [3.8, 4) is 11.8 Å². The molecule has 2 aromatic heterocycles. The first-order chi connectivity index (χ1) is 9.88. The molecule has 0 atom stereocenters. The topological polar surface area (TPSA) is 63.8 Å². The smallest absolute Gasteiger partial charge is 0.209 e. The maximum atomic E-state index is 8.75. The molecule has 0 amide bonds. The van der Waals surface area contributed by atoms with E-state index in [-0.39, 0.29) is 6.61 Å². The van der Waals surface area contributed by atoms with E-state index in [1.54, 1.807) is 23.1 Å². The Hall–Kier alpha value is -1.36. The first-order valence-corrected chi connectivity index (χ1v) is 8.32. The largest absolute Gasteiger partial charge is 0.395 e. The maximum absolute atomic E-state index is 8.75.